The van der Waals surface area contributed by atoms with Gasteiger partial charge in [-0.05, 0) is 19.8 Å². The smallest absolute Gasteiger partial charge is 0.167 e. The highest BCUT2D eigenvalue weighted by Gasteiger charge is 2.48. The molecule has 0 radical (unpaired) electrons. The Hall–Kier alpha value is -1.15. The van der Waals surface area contributed by atoms with Gasteiger partial charge < -0.3 is 21.9 Å². The summed E-state index contributed by atoms with van der Waals surface area (Å²) in [6.07, 6.45) is 0.423. The summed E-state index contributed by atoms with van der Waals surface area (Å²) in [5.41, 5.74) is 14.1. The molecule has 0 amide bonds. The topological polar surface area (TPSA) is 138 Å². The molecule has 0 unspecified atom stereocenters. The molecule has 0 aliphatic carbocycles. The van der Waals surface area contributed by atoms with Crippen LogP contribution in [0.5, 0.6) is 0 Å². The second-order valence-electron chi connectivity index (χ2n) is 4.09. The molecule has 0 aromatic heterocycles. The van der Waals surface area contributed by atoms with Crippen LogP contribution >= 0.6 is 0 Å². The molecule has 0 fully saturated rings. The van der Waals surface area contributed by atoms with Gasteiger partial charge in [-0.1, -0.05) is 0 Å². The van der Waals surface area contributed by atoms with Gasteiger partial charge in [0.05, 0.1) is 19.6 Å². The summed E-state index contributed by atoms with van der Waals surface area (Å²) in [7, 11) is 0. The highest BCUT2D eigenvalue weighted by atomic mass is 16.5. The van der Waals surface area contributed by atoms with Crippen LogP contribution < -0.4 is 17.2 Å². The maximum absolute atomic E-state index is 12.0. The average molecular weight is 273 g/mol. The Morgan fingerprint density at radius 2 is 1.37 bits per heavy atom. The van der Waals surface area contributed by atoms with Gasteiger partial charge in [0.2, 0.25) is 0 Å². The zero-order valence-corrected chi connectivity index (χ0v) is 11.3. The molecule has 0 aromatic carbocycles. The molecule has 0 rings (SSSR count). The van der Waals surface area contributed by atoms with E-state index >= 15 is 0 Å². The SMILES string of the molecule is CCOCCCC(C(=O)CN)(C(=O)CN)C(=O)CN. The lowest BCUT2D eigenvalue weighted by Crippen LogP contribution is -2.53. The minimum atomic E-state index is -1.80. The van der Waals surface area contributed by atoms with Crippen LogP contribution in [-0.2, 0) is 19.1 Å². The molecule has 110 valence electrons. The van der Waals surface area contributed by atoms with Gasteiger partial charge in [-0.15, -0.1) is 0 Å². The fourth-order valence-corrected chi connectivity index (χ4v) is 1.99. The van der Waals surface area contributed by atoms with Crippen LogP contribution in [-0.4, -0.2) is 50.2 Å². The fourth-order valence-electron chi connectivity index (χ4n) is 1.99. The maximum atomic E-state index is 12.0. The molecule has 0 aliphatic heterocycles. The summed E-state index contributed by atoms with van der Waals surface area (Å²) in [6, 6.07) is 0. The van der Waals surface area contributed by atoms with E-state index in [4.69, 9.17) is 21.9 Å². The van der Waals surface area contributed by atoms with Gasteiger partial charge >= 0.3 is 0 Å². The number of ether oxygens (including phenoxy) is 1. The van der Waals surface area contributed by atoms with Gasteiger partial charge in [0, 0.05) is 13.2 Å². The van der Waals surface area contributed by atoms with E-state index in [1.165, 1.54) is 0 Å². The second kappa shape index (κ2) is 8.87. The van der Waals surface area contributed by atoms with Crippen molar-refractivity contribution in [2.45, 2.75) is 19.8 Å². The summed E-state index contributed by atoms with van der Waals surface area (Å²) in [5, 5.41) is 0. The Morgan fingerprint density at radius 3 is 1.68 bits per heavy atom. The molecule has 0 saturated heterocycles. The maximum Gasteiger partial charge on any atom is 0.167 e. The third kappa shape index (κ3) is 4.17. The average Bonchev–Trinajstić information content (AvgIpc) is 2.45. The first-order valence-electron chi connectivity index (χ1n) is 6.29. The molecule has 0 spiro atoms. The van der Waals surface area contributed by atoms with Crippen molar-refractivity contribution in [2.75, 3.05) is 32.8 Å². The molecule has 0 heterocycles. The predicted molar refractivity (Wildman–Crippen MR) is 70.3 cm³/mol. The van der Waals surface area contributed by atoms with Gasteiger partial charge in [0.25, 0.3) is 0 Å². The van der Waals surface area contributed by atoms with Crippen molar-refractivity contribution in [1.82, 2.24) is 0 Å². The Bertz CT molecular complexity index is 290. The molecule has 7 nitrogen and oxygen atoms in total. The van der Waals surface area contributed by atoms with E-state index in [2.05, 4.69) is 0 Å². The quantitative estimate of drug-likeness (QED) is 0.303. The molecule has 19 heavy (non-hydrogen) atoms. The molecule has 0 aromatic rings. The van der Waals surface area contributed by atoms with Crippen molar-refractivity contribution < 1.29 is 19.1 Å². The van der Waals surface area contributed by atoms with Crippen molar-refractivity contribution in [1.29, 1.82) is 0 Å². The molecule has 0 bridgehead atoms. The Morgan fingerprint density at radius 1 is 0.947 bits per heavy atom. The normalized spacial score (nSPS) is 11.4. The van der Waals surface area contributed by atoms with Gasteiger partial charge in [-0.3, -0.25) is 14.4 Å². The van der Waals surface area contributed by atoms with E-state index in [0.29, 0.717) is 19.6 Å². The van der Waals surface area contributed by atoms with Crippen LogP contribution in [0, 0.1) is 5.41 Å². The van der Waals surface area contributed by atoms with Gasteiger partial charge in [-0.2, -0.15) is 0 Å². The van der Waals surface area contributed by atoms with E-state index in [-0.39, 0.29) is 6.42 Å². The number of hydrogen-bond donors (Lipinski definition) is 3. The van der Waals surface area contributed by atoms with Crippen molar-refractivity contribution in [3.63, 3.8) is 0 Å². The molecule has 0 atom stereocenters. The van der Waals surface area contributed by atoms with Gasteiger partial charge in [0.1, 0.15) is 5.41 Å². The Kier molecular flexibility index (Phi) is 8.33. The zero-order chi connectivity index (χ0) is 14.9. The van der Waals surface area contributed by atoms with Gasteiger partial charge in [0.15, 0.2) is 17.3 Å². The Balaban J connectivity index is 5.20. The van der Waals surface area contributed by atoms with Crippen molar-refractivity contribution in [3.05, 3.63) is 0 Å². The number of Topliss-reactive ketones (excluding diaryl/α,β-unsaturated/α-hetero) is 3. The first kappa shape index (κ1) is 17.8. The van der Waals surface area contributed by atoms with E-state index in [1.54, 1.807) is 0 Å². The first-order valence-corrected chi connectivity index (χ1v) is 6.29. The minimum Gasteiger partial charge on any atom is -0.382 e. The number of rotatable bonds is 11. The highest BCUT2D eigenvalue weighted by molar-refractivity contribution is 6.25. The zero-order valence-electron chi connectivity index (χ0n) is 11.3. The molecule has 0 aliphatic rings. The van der Waals surface area contributed by atoms with E-state index in [0.717, 1.165) is 0 Å². The second-order valence-corrected chi connectivity index (χ2v) is 4.09. The number of hydrogen-bond acceptors (Lipinski definition) is 7. The number of nitrogens with two attached hydrogens (primary N) is 3. The van der Waals surface area contributed by atoms with Crippen molar-refractivity contribution in [3.8, 4) is 0 Å². The van der Waals surface area contributed by atoms with Gasteiger partial charge in [-0.25, -0.2) is 0 Å². The third-order valence-electron chi connectivity index (χ3n) is 3.03. The number of carbonyl (C=O) groups excluding carboxylic acids is 3. The van der Waals surface area contributed by atoms with Crippen LogP contribution in [0.3, 0.4) is 0 Å². The lowest BCUT2D eigenvalue weighted by Gasteiger charge is -2.28. The molecule has 6 N–H and O–H groups in total. The van der Waals surface area contributed by atoms with Crippen LogP contribution in [0.15, 0.2) is 0 Å². The van der Waals surface area contributed by atoms with Crippen LogP contribution in [0.1, 0.15) is 19.8 Å². The molecule has 0 saturated carbocycles. The summed E-state index contributed by atoms with van der Waals surface area (Å²) < 4.78 is 5.14. The fraction of sp³-hybridized carbons (Fsp3) is 0.750. The van der Waals surface area contributed by atoms with Crippen LogP contribution in [0.25, 0.3) is 0 Å². The minimum absolute atomic E-state index is 0.0368. The lowest BCUT2D eigenvalue weighted by molar-refractivity contribution is -0.148. The standard InChI is InChI=1S/C12H23N3O4/c1-2-19-5-3-4-12(9(16)6-13,10(17)7-14)11(18)8-15/h2-8,13-15H2,1H3. The Labute approximate surface area is 112 Å². The molecule has 7 heteroatoms. The van der Waals surface area contributed by atoms with Crippen molar-refractivity contribution in [2.24, 2.45) is 22.6 Å². The predicted octanol–water partition coefficient (Wildman–Crippen LogP) is -1.63. The van der Waals surface area contributed by atoms with E-state index in [1.807, 2.05) is 6.92 Å². The largest absolute Gasteiger partial charge is 0.382 e. The summed E-state index contributed by atoms with van der Waals surface area (Å²) in [6.45, 7) is 1.51. The first-order chi connectivity index (χ1) is 9.00. The lowest BCUT2D eigenvalue weighted by atomic mass is 9.71. The highest BCUT2D eigenvalue weighted by Crippen LogP contribution is 2.27. The number of ketones is 3. The monoisotopic (exact) mass is 273 g/mol. The molecular weight excluding hydrogens is 250 g/mol. The van der Waals surface area contributed by atoms with Crippen LogP contribution in [0.2, 0.25) is 0 Å². The summed E-state index contributed by atoms with van der Waals surface area (Å²) in [4.78, 5) is 35.9. The summed E-state index contributed by atoms with van der Waals surface area (Å²) in [5.74, 6) is -1.89. The third-order valence-corrected chi connectivity index (χ3v) is 3.03. The molecular formula is C12H23N3O4. The van der Waals surface area contributed by atoms with E-state index < -0.39 is 42.4 Å². The summed E-state index contributed by atoms with van der Waals surface area (Å²) >= 11 is 0. The van der Waals surface area contributed by atoms with Crippen molar-refractivity contribution >= 4 is 17.3 Å². The van der Waals surface area contributed by atoms with Crippen LogP contribution in [0.4, 0.5) is 0 Å². The number of carbonyl (C=O) groups is 3. The van der Waals surface area contributed by atoms with E-state index in [9.17, 15) is 14.4 Å².